The SMILES string of the molecule is C=C1CN=C(NCCc2ccco2)NC1.I. The molecule has 0 atom stereocenters. The summed E-state index contributed by atoms with van der Waals surface area (Å²) < 4.78 is 5.23. The van der Waals surface area contributed by atoms with Crippen LogP contribution in [-0.2, 0) is 6.42 Å². The van der Waals surface area contributed by atoms with Gasteiger partial charge in [0, 0.05) is 19.5 Å². The van der Waals surface area contributed by atoms with E-state index >= 15 is 0 Å². The van der Waals surface area contributed by atoms with E-state index in [1.807, 2.05) is 12.1 Å². The molecule has 4 nitrogen and oxygen atoms in total. The average Bonchev–Trinajstić information content (AvgIpc) is 2.74. The van der Waals surface area contributed by atoms with E-state index in [1.165, 1.54) is 0 Å². The Hall–Kier alpha value is -0.980. The number of guanidine groups is 1. The van der Waals surface area contributed by atoms with Crippen LogP contribution >= 0.6 is 24.0 Å². The molecule has 0 aliphatic carbocycles. The first-order valence-corrected chi connectivity index (χ1v) is 5.06. The largest absolute Gasteiger partial charge is 0.469 e. The van der Waals surface area contributed by atoms with Crippen molar-refractivity contribution < 1.29 is 4.42 Å². The lowest BCUT2D eigenvalue weighted by Crippen LogP contribution is -2.42. The van der Waals surface area contributed by atoms with Crippen LogP contribution in [0.25, 0.3) is 0 Å². The Bertz CT molecular complexity index is 359. The molecular weight excluding hydrogens is 317 g/mol. The molecule has 2 heterocycles. The Labute approximate surface area is 112 Å². The van der Waals surface area contributed by atoms with E-state index in [-0.39, 0.29) is 24.0 Å². The van der Waals surface area contributed by atoms with Gasteiger partial charge < -0.3 is 15.1 Å². The standard InChI is InChI=1S/C11H15N3O.HI/c1-9-7-13-11(14-8-9)12-5-4-10-3-2-6-15-10;/h2-3,6H,1,4-5,7-8H2,(H2,12,13,14);1H. The first-order chi connectivity index (χ1) is 7.34. The van der Waals surface area contributed by atoms with Crippen molar-refractivity contribution in [2.75, 3.05) is 19.6 Å². The fourth-order valence-corrected chi connectivity index (χ4v) is 1.39. The van der Waals surface area contributed by atoms with E-state index in [1.54, 1.807) is 6.26 Å². The molecule has 1 aromatic heterocycles. The number of hydrogen-bond donors (Lipinski definition) is 2. The maximum atomic E-state index is 5.23. The molecule has 0 fully saturated rings. The van der Waals surface area contributed by atoms with Gasteiger partial charge in [-0.3, -0.25) is 0 Å². The van der Waals surface area contributed by atoms with E-state index < -0.39 is 0 Å². The maximum Gasteiger partial charge on any atom is 0.191 e. The fourth-order valence-electron chi connectivity index (χ4n) is 1.39. The predicted molar refractivity (Wildman–Crippen MR) is 75.3 cm³/mol. The Balaban J connectivity index is 0.00000128. The second-order valence-corrected chi connectivity index (χ2v) is 3.52. The van der Waals surface area contributed by atoms with Gasteiger partial charge in [-0.1, -0.05) is 6.58 Å². The molecule has 1 aliphatic heterocycles. The Kier molecular flexibility index (Phi) is 5.37. The molecule has 5 heteroatoms. The van der Waals surface area contributed by atoms with Gasteiger partial charge in [-0.15, -0.1) is 24.0 Å². The second kappa shape index (κ2) is 6.57. The molecule has 1 aliphatic rings. The van der Waals surface area contributed by atoms with Gasteiger partial charge in [-0.05, 0) is 17.7 Å². The molecule has 0 unspecified atom stereocenters. The number of rotatable bonds is 3. The summed E-state index contributed by atoms with van der Waals surface area (Å²) in [5, 5.41) is 6.38. The third kappa shape index (κ3) is 3.88. The lowest BCUT2D eigenvalue weighted by molar-refractivity contribution is 0.506. The van der Waals surface area contributed by atoms with Crippen molar-refractivity contribution in [2.24, 2.45) is 4.99 Å². The van der Waals surface area contributed by atoms with Crippen LogP contribution in [0.1, 0.15) is 5.76 Å². The zero-order chi connectivity index (χ0) is 10.5. The minimum atomic E-state index is 0. The van der Waals surface area contributed by atoms with Gasteiger partial charge in [0.05, 0.1) is 12.8 Å². The van der Waals surface area contributed by atoms with Crippen LogP contribution in [-0.4, -0.2) is 25.6 Å². The summed E-state index contributed by atoms with van der Waals surface area (Å²) in [5.74, 6) is 1.84. The highest BCUT2D eigenvalue weighted by Crippen LogP contribution is 2.00. The van der Waals surface area contributed by atoms with E-state index in [4.69, 9.17) is 4.42 Å². The first-order valence-electron chi connectivity index (χ1n) is 5.06. The van der Waals surface area contributed by atoms with Crippen LogP contribution in [0.15, 0.2) is 40.0 Å². The molecule has 0 amide bonds. The van der Waals surface area contributed by atoms with Crippen LogP contribution in [0, 0.1) is 0 Å². The number of hydrogen-bond acceptors (Lipinski definition) is 4. The zero-order valence-electron chi connectivity index (χ0n) is 9.03. The van der Waals surface area contributed by atoms with Gasteiger partial charge >= 0.3 is 0 Å². The number of aliphatic imine (C=N–C) groups is 1. The van der Waals surface area contributed by atoms with E-state index in [9.17, 15) is 0 Å². The van der Waals surface area contributed by atoms with Crippen molar-refractivity contribution in [1.82, 2.24) is 10.6 Å². The molecule has 1 aromatic rings. The van der Waals surface area contributed by atoms with Crippen molar-refractivity contribution in [2.45, 2.75) is 6.42 Å². The van der Waals surface area contributed by atoms with Gasteiger partial charge in [0.2, 0.25) is 0 Å². The minimum absolute atomic E-state index is 0. The highest BCUT2D eigenvalue weighted by atomic mass is 127. The zero-order valence-corrected chi connectivity index (χ0v) is 11.4. The van der Waals surface area contributed by atoms with E-state index in [0.29, 0.717) is 0 Å². The molecule has 16 heavy (non-hydrogen) atoms. The highest BCUT2D eigenvalue weighted by molar-refractivity contribution is 14.0. The molecule has 0 aromatic carbocycles. The first kappa shape index (κ1) is 13.1. The quantitative estimate of drug-likeness (QED) is 0.652. The third-order valence-corrected chi connectivity index (χ3v) is 2.21. The molecule has 0 radical (unpaired) electrons. The molecular formula is C11H16IN3O. The van der Waals surface area contributed by atoms with Gasteiger partial charge in [0.25, 0.3) is 0 Å². The summed E-state index contributed by atoms with van der Waals surface area (Å²) >= 11 is 0. The molecule has 88 valence electrons. The lowest BCUT2D eigenvalue weighted by Gasteiger charge is -2.17. The number of halogens is 1. The Morgan fingerprint density at radius 2 is 2.44 bits per heavy atom. The van der Waals surface area contributed by atoms with Crippen molar-refractivity contribution >= 4 is 29.9 Å². The molecule has 0 saturated heterocycles. The van der Waals surface area contributed by atoms with Gasteiger partial charge in [0.15, 0.2) is 5.96 Å². The summed E-state index contributed by atoms with van der Waals surface area (Å²) in [6, 6.07) is 3.87. The number of nitrogens with one attached hydrogen (secondary N) is 2. The maximum absolute atomic E-state index is 5.23. The molecule has 0 saturated carbocycles. The normalized spacial score (nSPS) is 14.8. The van der Waals surface area contributed by atoms with Crippen LogP contribution < -0.4 is 10.6 Å². The highest BCUT2D eigenvalue weighted by Gasteiger charge is 2.05. The van der Waals surface area contributed by atoms with Crippen LogP contribution in [0.5, 0.6) is 0 Å². The molecule has 0 bridgehead atoms. The van der Waals surface area contributed by atoms with Gasteiger partial charge in [-0.2, -0.15) is 0 Å². The van der Waals surface area contributed by atoms with E-state index in [2.05, 4.69) is 22.2 Å². The Morgan fingerprint density at radius 3 is 3.06 bits per heavy atom. The predicted octanol–water partition coefficient (Wildman–Crippen LogP) is 1.55. The minimum Gasteiger partial charge on any atom is -0.469 e. The average molecular weight is 333 g/mol. The third-order valence-electron chi connectivity index (χ3n) is 2.21. The number of nitrogens with zero attached hydrogens (tertiary/aromatic N) is 1. The molecule has 0 spiro atoms. The van der Waals surface area contributed by atoms with Crippen LogP contribution in [0.2, 0.25) is 0 Å². The monoisotopic (exact) mass is 333 g/mol. The van der Waals surface area contributed by atoms with Crippen LogP contribution in [0.4, 0.5) is 0 Å². The van der Waals surface area contributed by atoms with E-state index in [0.717, 1.165) is 43.3 Å². The van der Waals surface area contributed by atoms with Gasteiger partial charge in [-0.25, -0.2) is 4.99 Å². The summed E-state index contributed by atoms with van der Waals surface area (Å²) in [7, 11) is 0. The number of furan rings is 1. The smallest absolute Gasteiger partial charge is 0.191 e. The summed E-state index contributed by atoms with van der Waals surface area (Å²) in [6.45, 7) is 6.21. The van der Waals surface area contributed by atoms with Crippen molar-refractivity contribution in [3.63, 3.8) is 0 Å². The fraction of sp³-hybridized carbons (Fsp3) is 0.364. The van der Waals surface area contributed by atoms with Crippen molar-refractivity contribution in [3.05, 3.63) is 36.3 Å². The van der Waals surface area contributed by atoms with Crippen LogP contribution in [0.3, 0.4) is 0 Å². The Morgan fingerprint density at radius 1 is 1.56 bits per heavy atom. The summed E-state index contributed by atoms with van der Waals surface area (Å²) in [6.07, 6.45) is 2.56. The topological polar surface area (TPSA) is 49.6 Å². The summed E-state index contributed by atoms with van der Waals surface area (Å²) in [4.78, 5) is 4.29. The van der Waals surface area contributed by atoms with Crippen molar-refractivity contribution in [3.8, 4) is 0 Å². The molecule has 2 N–H and O–H groups in total. The molecule has 2 rings (SSSR count). The van der Waals surface area contributed by atoms with Crippen molar-refractivity contribution in [1.29, 1.82) is 0 Å². The lowest BCUT2D eigenvalue weighted by atomic mass is 10.3. The van der Waals surface area contributed by atoms with Gasteiger partial charge in [0.1, 0.15) is 5.76 Å². The second-order valence-electron chi connectivity index (χ2n) is 3.52. The summed E-state index contributed by atoms with van der Waals surface area (Å²) in [5.41, 5.74) is 1.12.